The molecule has 1 aliphatic rings. The van der Waals surface area contributed by atoms with Gasteiger partial charge in [0, 0.05) is 35.1 Å². The van der Waals surface area contributed by atoms with Gasteiger partial charge in [-0.25, -0.2) is 0 Å². The van der Waals surface area contributed by atoms with Crippen LogP contribution in [0.2, 0.25) is 0 Å². The van der Waals surface area contributed by atoms with Crippen LogP contribution in [-0.4, -0.2) is 6.54 Å². The monoisotopic (exact) mass is 277 g/mol. The number of hydrogen-bond acceptors (Lipinski definition) is 2. The van der Waals surface area contributed by atoms with Gasteiger partial charge in [0.2, 0.25) is 0 Å². The van der Waals surface area contributed by atoms with Crippen molar-refractivity contribution in [2.75, 3.05) is 6.54 Å². The third kappa shape index (κ3) is 1.70. The lowest BCUT2D eigenvalue weighted by Gasteiger charge is -2.09. The first kappa shape index (κ1) is 10.1. The molecular weight excluding hydrogens is 266 g/mol. The third-order valence-corrected chi connectivity index (χ3v) is 3.57. The van der Waals surface area contributed by atoms with E-state index in [4.69, 9.17) is 4.42 Å². The number of fused-ring (bicyclic) bond motifs is 1. The number of furan rings is 1. The summed E-state index contributed by atoms with van der Waals surface area (Å²) < 4.78 is 6.98. The number of halogens is 1. The summed E-state index contributed by atoms with van der Waals surface area (Å²) in [5.74, 6) is 2.09. The van der Waals surface area contributed by atoms with Crippen molar-refractivity contribution >= 4 is 15.9 Å². The molecule has 0 spiro atoms. The van der Waals surface area contributed by atoms with Gasteiger partial charge >= 0.3 is 0 Å². The number of benzene rings is 1. The molecule has 0 radical (unpaired) electrons. The van der Waals surface area contributed by atoms with Gasteiger partial charge in [0.15, 0.2) is 0 Å². The molecule has 82 valence electrons. The Hall–Kier alpha value is -1.06. The van der Waals surface area contributed by atoms with Gasteiger partial charge in [-0.2, -0.15) is 0 Å². The van der Waals surface area contributed by atoms with Crippen LogP contribution in [-0.2, 0) is 13.0 Å². The van der Waals surface area contributed by atoms with E-state index in [9.17, 15) is 0 Å². The van der Waals surface area contributed by atoms with Crippen molar-refractivity contribution in [1.29, 1.82) is 0 Å². The summed E-state index contributed by atoms with van der Waals surface area (Å²) in [4.78, 5) is 0. The molecule has 0 fully saturated rings. The first-order valence-electron chi connectivity index (χ1n) is 5.42. The van der Waals surface area contributed by atoms with E-state index in [1.54, 1.807) is 0 Å². The molecule has 0 bridgehead atoms. The Balaban J connectivity index is 2.07. The first-order valence-corrected chi connectivity index (χ1v) is 6.21. The lowest BCUT2D eigenvalue weighted by molar-refractivity contribution is 0.483. The Kier molecular flexibility index (Phi) is 2.58. The largest absolute Gasteiger partial charge is 0.461 e. The van der Waals surface area contributed by atoms with E-state index in [1.807, 2.05) is 18.2 Å². The summed E-state index contributed by atoms with van der Waals surface area (Å²) in [5.41, 5.74) is 2.41. The van der Waals surface area contributed by atoms with Gasteiger partial charge in [-0.3, -0.25) is 0 Å². The minimum Gasteiger partial charge on any atom is -0.461 e. The zero-order chi connectivity index (χ0) is 11.0. The van der Waals surface area contributed by atoms with E-state index in [0.717, 1.165) is 41.1 Å². The first-order chi connectivity index (χ1) is 7.84. The maximum absolute atomic E-state index is 5.90. The Labute approximate surface area is 103 Å². The molecule has 1 aromatic heterocycles. The fraction of sp³-hybridized carbons (Fsp3) is 0.231. The van der Waals surface area contributed by atoms with Crippen LogP contribution >= 0.6 is 15.9 Å². The highest BCUT2D eigenvalue weighted by Gasteiger charge is 2.16. The van der Waals surface area contributed by atoms with Crippen molar-refractivity contribution in [3.8, 4) is 11.3 Å². The number of rotatable bonds is 1. The Morgan fingerprint density at radius 2 is 2.12 bits per heavy atom. The summed E-state index contributed by atoms with van der Waals surface area (Å²) in [6.45, 7) is 1.93. The topological polar surface area (TPSA) is 25.2 Å². The lowest BCUT2D eigenvalue weighted by atomic mass is 10.1. The predicted molar refractivity (Wildman–Crippen MR) is 67.3 cm³/mol. The quantitative estimate of drug-likeness (QED) is 0.865. The Morgan fingerprint density at radius 1 is 1.25 bits per heavy atom. The number of hydrogen-bond donors (Lipinski definition) is 1. The molecule has 2 nitrogen and oxygen atoms in total. The smallest absolute Gasteiger partial charge is 0.135 e. The predicted octanol–water partition coefficient (Wildman–Crippen LogP) is 3.35. The van der Waals surface area contributed by atoms with E-state index < -0.39 is 0 Å². The molecule has 0 atom stereocenters. The molecule has 3 rings (SSSR count). The fourth-order valence-electron chi connectivity index (χ4n) is 2.05. The van der Waals surface area contributed by atoms with Crippen molar-refractivity contribution < 1.29 is 4.42 Å². The van der Waals surface area contributed by atoms with Crippen LogP contribution in [0.25, 0.3) is 11.3 Å². The van der Waals surface area contributed by atoms with Crippen LogP contribution in [0.1, 0.15) is 11.3 Å². The molecule has 0 aliphatic carbocycles. The molecule has 2 heterocycles. The molecule has 3 heteroatoms. The number of nitrogens with one attached hydrogen (secondary N) is 1. The van der Waals surface area contributed by atoms with E-state index in [1.165, 1.54) is 5.56 Å². The molecule has 1 aromatic carbocycles. The van der Waals surface area contributed by atoms with Crippen LogP contribution in [0.15, 0.2) is 39.2 Å². The summed E-state index contributed by atoms with van der Waals surface area (Å²) in [6.07, 6.45) is 0.986. The van der Waals surface area contributed by atoms with Gasteiger partial charge in [-0.05, 0) is 12.1 Å². The van der Waals surface area contributed by atoms with Gasteiger partial charge in [-0.1, -0.05) is 34.1 Å². The van der Waals surface area contributed by atoms with Crippen molar-refractivity contribution in [1.82, 2.24) is 5.32 Å². The molecule has 0 saturated carbocycles. The highest BCUT2D eigenvalue weighted by atomic mass is 79.9. The minimum absolute atomic E-state index is 0.920. The molecule has 0 unspecified atom stereocenters. The molecule has 0 amide bonds. The summed E-state index contributed by atoms with van der Waals surface area (Å²) >= 11 is 3.55. The van der Waals surface area contributed by atoms with Crippen molar-refractivity contribution in [3.63, 3.8) is 0 Å². The van der Waals surface area contributed by atoms with Gasteiger partial charge < -0.3 is 9.73 Å². The van der Waals surface area contributed by atoms with Crippen molar-refractivity contribution in [3.05, 3.63) is 46.1 Å². The van der Waals surface area contributed by atoms with Crippen LogP contribution in [0.4, 0.5) is 0 Å². The molecular formula is C13H12BrNO. The summed E-state index contributed by atoms with van der Waals surface area (Å²) in [5, 5.41) is 3.35. The zero-order valence-corrected chi connectivity index (χ0v) is 10.4. The Bertz CT molecular complexity index is 495. The normalized spacial score (nSPS) is 14.8. The van der Waals surface area contributed by atoms with Crippen molar-refractivity contribution in [2.24, 2.45) is 0 Å². The zero-order valence-electron chi connectivity index (χ0n) is 8.79. The van der Waals surface area contributed by atoms with E-state index in [-0.39, 0.29) is 0 Å². The van der Waals surface area contributed by atoms with Crippen LogP contribution in [0, 0.1) is 0 Å². The van der Waals surface area contributed by atoms with E-state index in [0.29, 0.717) is 0 Å². The van der Waals surface area contributed by atoms with Crippen LogP contribution < -0.4 is 5.32 Å². The van der Waals surface area contributed by atoms with Gasteiger partial charge in [-0.15, -0.1) is 0 Å². The maximum atomic E-state index is 5.90. The van der Waals surface area contributed by atoms with Crippen LogP contribution in [0.5, 0.6) is 0 Å². The van der Waals surface area contributed by atoms with Gasteiger partial charge in [0.05, 0.1) is 0 Å². The third-order valence-electron chi connectivity index (χ3n) is 2.88. The molecule has 2 aromatic rings. The van der Waals surface area contributed by atoms with Crippen molar-refractivity contribution in [2.45, 2.75) is 13.0 Å². The van der Waals surface area contributed by atoms with E-state index in [2.05, 4.69) is 33.4 Å². The van der Waals surface area contributed by atoms with Gasteiger partial charge in [0.1, 0.15) is 11.5 Å². The second kappa shape index (κ2) is 4.07. The minimum atomic E-state index is 0.920. The second-order valence-electron chi connectivity index (χ2n) is 3.97. The van der Waals surface area contributed by atoms with E-state index >= 15 is 0 Å². The molecule has 1 aliphatic heterocycles. The van der Waals surface area contributed by atoms with Gasteiger partial charge in [0.25, 0.3) is 0 Å². The summed E-state index contributed by atoms with van der Waals surface area (Å²) in [7, 11) is 0. The highest BCUT2D eigenvalue weighted by Crippen LogP contribution is 2.32. The average molecular weight is 278 g/mol. The molecule has 1 N–H and O–H groups in total. The fourth-order valence-corrected chi connectivity index (χ4v) is 2.53. The Morgan fingerprint density at radius 3 is 2.94 bits per heavy atom. The van der Waals surface area contributed by atoms with Crippen LogP contribution in [0.3, 0.4) is 0 Å². The lowest BCUT2D eigenvalue weighted by Crippen LogP contribution is -2.22. The molecule has 16 heavy (non-hydrogen) atoms. The highest BCUT2D eigenvalue weighted by molar-refractivity contribution is 9.10. The SMILES string of the molecule is Brc1ccccc1-c1cc2c(o1)CCNC2. The standard InChI is InChI=1S/C13H12BrNO/c14-11-4-2-1-3-10(11)13-7-9-8-15-6-5-12(9)16-13/h1-4,7,15H,5-6,8H2. The summed E-state index contributed by atoms with van der Waals surface area (Å²) in [6, 6.07) is 10.3. The second-order valence-corrected chi connectivity index (χ2v) is 4.82. The average Bonchev–Trinajstić information content (AvgIpc) is 2.73. The maximum Gasteiger partial charge on any atom is 0.135 e. The molecule has 0 saturated heterocycles.